The van der Waals surface area contributed by atoms with E-state index in [1.807, 2.05) is 0 Å². The summed E-state index contributed by atoms with van der Waals surface area (Å²) in [5, 5.41) is 29.1. The Morgan fingerprint density at radius 3 is 3.05 bits per heavy atom. The molecular formula is C14H21N3O4. The van der Waals surface area contributed by atoms with Crippen LogP contribution in [-0.2, 0) is 17.6 Å². The van der Waals surface area contributed by atoms with Gasteiger partial charge in [-0.3, -0.25) is 9.89 Å². The molecule has 2 heterocycles. The van der Waals surface area contributed by atoms with E-state index in [2.05, 4.69) is 15.5 Å². The SMILES string of the molecule is O=C(N[C@H]1CCO[C@H](CO)[C@H]1O)c1n[nH]c2c1CCCC2. The molecule has 2 aliphatic rings. The van der Waals surface area contributed by atoms with Crippen LogP contribution in [0.5, 0.6) is 0 Å². The predicted octanol–water partition coefficient (Wildman–Crippen LogP) is -0.471. The smallest absolute Gasteiger partial charge is 0.272 e. The molecule has 1 aliphatic heterocycles. The topological polar surface area (TPSA) is 107 Å². The highest BCUT2D eigenvalue weighted by Gasteiger charge is 2.34. The van der Waals surface area contributed by atoms with E-state index in [0.717, 1.165) is 36.9 Å². The third-order valence-corrected chi connectivity index (χ3v) is 4.32. The number of ether oxygens (including phenoxy) is 1. The van der Waals surface area contributed by atoms with Gasteiger partial charge in [-0.1, -0.05) is 0 Å². The Balaban J connectivity index is 1.70. The first-order chi connectivity index (χ1) is 10.2. The summed E-state index contributed by atoms with van der Waals surface area (Å²) in [6.45, 7) is 0.150. The first-order valence-corrected chi connectivity index (χ1v) is 7.48. The van der Waals surface area contributed by atoms with Crippen LogP contribution in [0.15, 0.2) is 0 Å². The van der Waals surface area contributed by atoms with Gasteiger partial charge in [0.05, 0.1) is 12.6 Å². The number of aromatic amines is 1. The molecule has 21 heavy (non-hydrogen) atoms. The van der Waals surface area contributed by atoms with Gasteiger partial charge in [-0.2, -0.15) is 5.10 Å². The molecule has 0 saturated carbocycles. The van der Waals surface area contributed by atoms with Crippen molar-refractivity contribution in [3.63, 3.8) is 0 Å². The number of nitrogens with zero attached hydrogens (tertiary/aromatic N) is 1. The number of carbonyl (C=O) groups excluding carboxylic acids is 1. The van der Waals surface area contributed by atoms with Gasteiger partial charge in [-0.05, 0) is 32.1 Å². The monoisotopic (exact) mass is 295 g/mol. The number of fused-ring (bicyclic) bond motifs is 1. The predicted molar refractivity (Wildman–Crippen MR) is 73.9 cm³/mol. The second-order valence-electron chi connectivity index (χ2n) is 5.69. The molecule has 1 amide bonds. The Morgan fingerprint density at radius 1 is 1.43 bits per heavy atom. The summed E-state index contributed by atoms with van der Waals surface area (Å²) >= 11 is 0. The molecule has 116 valence electrons. The quantitative estimate of drug-likeness (QED) is 0.603. The molecule has 7 nitrogen and oxygen atoms in total. The summed E-state index contributed by atoms with van der Waals surface area (Å²) in [5.74, 6) is -0.267. The lowest BCUT2D eigenvalue weighted by molar-refractivity contribution is -0.107. The lowest BCUT2D eigenvalue weighted by Crippen LogP contribution is -2.54. The van der Waals surface area contributed by atoms with Crippen molar-refractivity contribution in [2.75, 3.05) is 13.2 Å². The fraction of sp³-hybridized carbons (Fsp3) is 0.714. The average Bonchev–Trinajstić information content (AvgIpc) is 2.93. The normalized spacial score (nSPS) is 29.0. The molecule has 1 saturated heterocycles. The molecule has 1 aromatic rings. The van der Waals surface area contributed by atoms with Crippen LogP contribution >= 0.6 is 0 Å². The van der Waals surface area contributed by atoms with Crippen LogP contribution in [0.1, 0.15) is 41.0 Å². The van der Waals surface area contributed by atoms with Crippen molar-refractivity contribution in [2.24, 2.45) is 0 Å². The lowest BCUT2D eigenvalue weighted by atomic mass is 9.95. The molecule has 1 fully saturated rings. The standard InChI is InChI=1S/C14H21N3O4/c18-7-11-13(19)10(5-6-21-11)15-14(20)12-8-3-1-2-4-9(8)16-17-12/h10-11,13,18-19H,1-7H2,(H,15,20)(H,16,17)/t10-,11+,13-/m0/s1. The van der Waals surface area contributed by atoms with Crippen LogP contribution in [0.2, 0.25) is 0 Å². The minimum Gasteiger partial charge on any atom is -0.394 e. The summed E-state index contributed by atoms with van der Waals surface area (Å²) < 4.78 is 5.26. The van der Waals surface area contributed by atoms with Crippen molar-refractivity contribution >= 4 is 5.91 Å². The van der Waals surface area contributed by atoms with E-state index in [1.54, 1.807) is 0 Å². The zero-order valence-corrected chi connectivity index (χ0v) is 11.8. The highest BCUT2D eigenvalue weighted by molar-refractivity contribution is 5.94. The van der Waals surface area contributed by atoms with Crippen molar-refractivity contribution in [3.05, 3.63) is 17.0 Å². The fourth-order valence-electron chi connectivity index (χ4n) is 3.10. The molecule has 3 rings (SSSR count). The number of aliphatic hydroxyl groups excluding tert-OH is 2. The molecule has 0 spiro atoms. The van der Waals surface area contributed by atoms with E-state index < -0.39 is 18.2 Å². The zero-order valence-electron chi connectivity index (χ0n) is 11.8. The molecular weight excluding hydrogens is 274 g/mol. The fourth-order valence-corrected chi connectivity index (χ4v) is 3.10. The van der Waals surface area contributed by atoms with Crippen LogP contribution < -0.4 is 5.32 Å². The average molecular weight is 295 g/mol. The molecule has 1 aliphatic carbocycles. The number of aliphatic hydroxyl groups is 2. The Hall–Kier alpha value is -1.44. The Kier molecular flexibility index (Phi) is 4.23. The largest absolute Gasteiger partial charge is 0.394 e. The maximum atomic E-state index is 12.4. The van der Waals surface area contributed by atoms with Gasteiger partial charge >= 0.3 is 0 Å². The van der Waals surface area contributed by atoms with E-state index in [4.69, 9.17) is 9.84 Å². The van der Waals surface area contributed by atoms with Gasteiger partial charge in [-0.15, -0.1) is 0 Å². The molecule has 0 unspecified atom stereocenters. The number of nitrogens with one attached hydrogen (secondary N) is 2. The third kappa shape index (κ3) is 2.81. The maximum absolute atomic E-state index is 12.4. The molecule has 0 bridgehead atoms. The summed E-state index contributed by atoms with van der Waals surface area (Å²) in [5.41, 5.74) is 2.48. The molecule has 4 N–H and O–H groups in total. The van der Waals surface area contributed by atoms with E-state index in [-0.39, 0.29) is 12.5 Å². The number of H-pyrrole nitrogens is 1. The van der Waals surface area contributed by atoms with Crippen molar-refractivity contribution in [1.82, 2.24) is 15.5 Å². The van der Waals surface area contributed by atoms with Gasteiger partial charge in [0.25, 0.3) is 5.91 Å². The van der Waals surface area contributed by atoms with Crippen LogP contribution in [0.3, 0.4) is 0 Å². The van der Waals surface area contributed by atoms with Crippen LogP contribution in [0, 0.1) is 0 Å². The number of hydrogen-bond acceptors (Lipinski definition) is 5. The number of hydrogen-bond donors (Lipinski definition) is 4. The first-order valence-electron chi connectivity index (χ1n) is 7.48. The lowest BCUT2D eigenvalue weighted by Gasteiger charge is -2.34. The highest BCUT2D eigenvalue weighted by atomic mass is 16.5. The second-order valence-corrected chi connectivity index (χ2v) is 5.69. The van der Waals surface area contributed by atoms with E-state index in [0.29, 0.717) is 18.7 Å². The number of aromatic nitrogens is 2. The van der Waals surface area contributed by atoms with Crippen molar-refractivity contribution in [2.45, 2.75) is 50.4 Å². The van der Waals surface area contributed by atoms with Gasteiger partial charge in [-0.25, -0.2) is 0 Å². The Morgan fingerprint density at radius 2 is 2.24 bits per heavy atom. The van der Waals surface area contributed by atoms with E-state index >= 15 is 0 Å². The summed E-state index contributed by atoms with van der Waals surface area (Å²) in [6, 6.07) is -0.417. The van der Waals surface area contributed by atoms with Gasteiger partial charge in [0, 0.05) is 17.9 Å². The first kappa shape index (κ1) is 14.5. The van der Waals surface area contributed by atoms with Gasteiger partial charge < -0.3 is 20.3 Å². The molecule has 3 atom stereocenters. The van der Waals surface area contributed by atoms with Crippen molar-refractivity contribution in [3.8, 4) is 0 Å². The van der Waals surface area contributed by atoms with Gasteiger partial charge in [0.1, 0.15) is 12.2 Å². The van der Waals surface area contributed by atoms with Crippen LogP contribution in [0.4, 0.5) is 0 Å². The maximum Gasteiger partial charge on any atom is 0.272 e. The Bertz CT molecular complexity index is 516. The summed E-state index contributed by atoms with van der Waals surface area (Å²) in [7, 11) is 0. The zero-order chi connectivity index (χ0) is 14.8. The van der Waals surface area contributed by atoms with Gasteiger partial charge in [0.2, 0.25) is 0 Å². The number of amides is 1. The summed E-state index contributed by atoms with van der Waals surface area (Å²) in [4.78, 5) is 12.4. The van der Waals surface area contributed by atoms with E-state index in [9.17, 15) is 9.90 Å². The molecule has 1 aromatic heterocycles. The minimum atomic E-state index is -0.900. The van der Waals surface area contributed by atoms with E-state index in [1.165, 1.54) is 0 Å². The summed E-state index contributed by atoms with van der Waals surface area (Å²) in [6.07, 6.45) is 2.97. The van der Waals surface area contributed by atoms with Crippen molar-refractivity contribution < 1.29 is 19.7 Å². The minimum absolute atomic E-state index is 0.259. The highest BCUT2D eigenvalue weighted by Crippen LogP contribution is 2.22. The van der Waals surface area contributed by atoms with Crippen molar-refractivity contribution in [1.29, 1.82) is 0 Å². The number of carbonyl (C=O) groups is 1. The van der Waals surface area contributed by atoms with Gasteiger partial charge in [0.15, 0.2) is 5.69 Å². The molecule has 0 aromatic carbocycles. The number of aryl methyl sites for hydroxylation is 1. The Labute approximate surface area is 122 Å². The van der Waals surface area contributed by atoms with Crippen LogP contribution in [-0.4, -0.2) is 57.8 Å². The molecule has 7 heteroatoms. The second kappa shape index (κ2) is 6.13. The van der Waals surface area contributed by atoms with Crippen LogP contribution in [0.25, 0.3) is 0 Å². The molecule has 0 radical (unpaired) electrons. The number of rotatable bonds is 3. The third-order valence-electron chi connectivity index (χ3n) is 4.32.